The van der Waals surface area contributed by atoms with Crippen molar-refractivity contribution in [2.24, 2.45) is 22.7 Å². The highest BCUT2D eigenvalue weighted by molar-refractivity contribution is 7.92. The van der Waals surface area contributed by atoms with Crippen molar-refractivity contribution in [2.75, 3.05) is 18.8 Å². The van der Waals surface area contributed by atoms with Crippen LogP contribution >= 0.6 is 0 Å². The van der Waals surface area contributed by atoms with Crippen molar-refractivity contribution >= 4 is 39.4 Å². The molecule has 0 bridgehead atoms. The number of benzene rings is 1. The SMILES string of the molecule is C=CCNC(=O)C(=O)C(CCCC)NC(=O)[C@@H]1[C@@H]2[C@H](CN1C(=O)[C@@H](NC(=O)NC1(CS(=O)(=O)C(C)(C)C)CCCCC1)C1(C)Cc3ccccc3C1)C2(C)C. The van der Waals surface area contributed by atoms with Crippen molar-refractivity contribution in [3.63, 3.8) is 0 Å². The van der Waals surface area contributed by atoms with E-state index in [9.17, 15) is 27.6 Å². The molecule has 1 aromatic carbocycles. The second-order valence-corrected chi connectivity index (χ2v) is 21.2. The molecule has 13 heteroatoms. The molecule has 3 fully saturated rings. The Morgan fingerprint density at radius 3 is 2.16 bits per heavy atom. The summed E-state index contributed by atoms with van der Waals surface area (Å²) in [6.07, 6.45) is 7.63. The Morgan fingerprint density at radius 2 is 1.60 bits per heavy atom. The molecule has 1 unspecified atom stereocenters. The van der Waals surface area contributed by atoms with E-state index in [0.717, 1.165) is 36.8 Å². The summed E-state index contributed by atoms with van der Waals surface area (Å²) < 4.78 is 26.0. The van der Waals surface area contributed by atoms with Crippen LogP contribution in [-0.4, -0.2) is 90.1 Å². The highest BCUT2D eigenvalue weighted by Gasteiger charge is 2.70. The predicted octanol–water partition coefficient (Wildman–Crippen LogP) is 4.40. The van der Waals surface area contributed by atoms with E-state index in [4.69, 9.17) is 0 Å². The number of ketones is 1. The van der Waals surface area contributed by atoms with E-state index in [0.29, 0.717) is 38.6 Å². The average Bonchev–Trinajstić information content (AvgIpc) is 3.41. The largest absolute Gasteiger partial charge is 0.346 e. The fraction of sp³-hybridized carbons (Fsp3) is 0.690. The topological polar surface area (TPSA) is 171 Å². The maximum atomic E-state index is 15.1. The number of hydrogen-bond acceptors (Lipinski definition) is 7. The van der Waals surface area contributed by atoms with Crippen LogP contribution in [0.3, 0.4) is 0 Å². The molecule has 5 atom stereocenters. The highest BCUT2D eigenvalue weighted by Crippen LogP contribution is 2.65. The molecule has 5 rings (SSSR count). The average molecular weight is 782 g/mol. The van der Waals surface area contributed by atoms with Gasteiger partial charge in [0, 0.05) is 18.5 Å². The van der Waals surface area contributed by atoms with Crippen molar-refractivity contribution in [3.05, 3.63) is 48.0 Å². The first-order valence-electron chi connectivity index (χ1n) is 20.1. The van der Waals surface area contributed by atoms with Gasteiger partial charge in [-0.25, -0.2) is 13.2 Å². The molecule has 1 saturated heterocycles. The third-order valence-electron chi connectivity index (χ3n) is 13.0. The molecule has 5 amide bonds. The second-order valence-electron chi connectivity index (χ2n) is 18.5. The normalized spacial score (nSPS) is 24.3. The summed E-state index contributed by atoms with van der Waals surface area (Å²) in [5.41, 5.74) is 0.180. The van der Waals surface area contributed by atoms with Gasteiger partial charge in [0.2, 0.25) is 17.6 Å². The van der Waals surface area contributed by atoms with Crippen molar-refractivity contribution in [2.45, 2.75) is 141 Å². The predicted molar refractivity (Wildman–Crippen MR) is 213 cm³/mol. The van der Waals surface area contributed by atoms with E-state index in [1.165, 1.54) is 6.08 Å². The van der Waals surface area contributed by atoms with E-state index >= 15 is 4.79 Å². The van der Waals surface area contributed by atoms with Crippen LogP contribution in [-0.2, 0) is 41.9 Å². The molecule has 0 radical (unpaired) electrons. The first kappa shape index (κ1) is 42.4. The number of carbonyl (C=O) groups is 5. The lowest BCUT2D eigenvalue weighted by molar-refractivity contribution is -0.145. The Kier molecular flexibility index (Phi) is 12.3. The van der Waals surface area contributed by atoms with E-state index in [-0.39, 0.29) is 36.0 Å². The Bertz CT molecular complexity index is 1750. The minimum absolute atomic E-state index is 0.0315. The Balaban J connectivity index is 1.45. The van der Waals surface area contributed by atoms with Gasteiger partial charge in [-0.05, 0) is 81.3 Å². The van der Waals surface area contributed by atoms with Gasteiger partial charge in [-0.3, -0.25) is 19.2 Å². The summed E-state index contributed by atoms with van der Waals surface area (Å²) in [5, 5.41) is 11.5. The van der Waals surface area contributed by atoms with Crippen LogP contribution in [0.25, 0.3) is 0 Å². The molecule has 304 valence electrons. The third-order valence-corrected chi connectivity index (χ3v) is 15.8. The Hall–Kier alpha value is -3.74. The molecular weight excluding hydrogens is 719 g/mol. The van der Waals surface area contributed by atoms with Crippen molar-refractivity contribution < 1.29 is 32.4 Å². The highest BCUT2D eigenvalue weighted by atomic mass is 32.2. The first-order chi connectivity index (χ1) is 25.7. The zero-order chi connectivity index (χ0) is 40.6. The number of sulfone groups is 1. The number of piperidine rings is 1. The van der Waals surface area contributed by atoms with Gasteiger partial charge in [0.05, 0.1) is 22.1 Å². The number of nitrogens with zero attached hydrogens (tertiary/aromatic N) is 1. The number of carbonyl (C=O) groups excluding carboxylic acids is 5. The van der Waals surface area contributed by atoms with Gasteiger partial charge in [0.1, 0.15) is 12.1 Å². The number of urea groups is 1. The van der Waals surface area contributed by atoms with E-state index in [1.54, 1.807) is 25.7 Å². The lowest BCUT2D eigenvalue weighted by Crippen LogP contribution is -2.65. The lowest BCUT2D eigenvalue weighted by Gasteiger charge is -2.42. The molecule has 1 heterocycles. The molecule has 1 aromatic rings. The maximum absolute atomic E-state index is 15.1. The van der Waals surface area contributed by atoms with E-state index in [1.807, 2.05) is 38.1 Å². The van der Waals surface area contributed by atoms with Crippen molar-refractivity contribution in [1.29, 1.82) is 0 Å². The summed E-state index contributed by atoms with van der Waals surface area (Å²) in [7, 11) is -3.60. The maximum Gasteiger partial charge on any atom is 0.315 e. The fourth-order valence-electron chi connectivity index (χ4n) is 9.42. The first-order valence-corrected chi connectivity index (χ1v) is 21.8. The number of nitrogens with one attached hydrogen (secondary N) is 4. The van der Waals surface area contributed by atoms with E-state index in [2.05, 4.69) is 41.7 Å². The zero-order valence-corrected chi connectivity index (χ0v) is 34.7. The van der Waals surface area contributed by atoms with Crippen LogP contribution in [0.2, 0.25) is 0 Å². The molecule has 55 heavy (non-hydrogen) atoms. The van der Waals surface area contributed by atoms with Gasteiger partial charge in [0.25, 0.3) is 5.91 Å². The lowest BCUT2D eigenvalue weighted by atomic mass is 9.78. The molecule has 3 aliphatic carbocycles. The fourth-order valence-corrected chi connectivity index (χ4v) is 10.9. The number of fused-ring (bicyclic) bond motifs is 2. The van der Waals surface area contributed by atoms with Crippen LogP contribution < -0.4 is 21.3 Å². The number of likely N-dealkylation sites (tertiary alicyclic amines) is 1. The number of Topliss-reactive ketones (excluding diaryl/α,β-unsaturated/α-hetero) is 1. The third kappa shape index (κ3) is 8.81. The molecule has 0 aromatic heterocycles. The second kappa shape index (κ2) is 16.0. The summed E-state index contributed by atoms with van der Waals surface area (Å²) in [4.78, 5) is 71.4. The monoisotopic (exact) mass is 781 g/mol. The minimum Gasteiger partial charge on any atom is -0.346 e. The van der Waals surface area contributed by atoms with Gasteiger partial charge in [0.15, 0.2) is 9.84 Å². The number of amides is 5. The quantitative estimate of drug-likeness (QED) is 0.151. The van der Waals surface area contributed by atoms with Crippen LogP contribution in [0, 0.1) is 22.7 Å². The van der Waals surface area contributed by atoms with Crippen LogP contribution in [0.4, 0.5) is 4.79 Å². The molecule has 0 spiro atoms. The van der Waals surface area contributed by atoms with Crippen molar-refractivity contribution in [1.82, 2.24) is 26.2 Å². The summed E-state index contributed by atoms with van der Waals surface area (Å²) in [6, 6.07) is 4.32. The van der Waals surface area contributed by atoms with Crippen molar-refractivity contribution in [3.8, 4) is 0 Å². The molecule has 1 aliphatic heterocycles. The molecule has 12 nitrogen and oxygen atoms in total. The van der Waals surface area contributed by atoms with Gasteiger partial charge in [-0.1, -0.05) is 90.1 Å². The minimum atomic E-state index is -3.60. The summed E-state index contributed by atoms with van der Waals surface area (Å²) >= 11 is 0. The van der Waals surface area contributed by atoms with E-state index < -0.39 is 73.2 Å². The van der Waals surface area contributed by atoms with Crippen LogP contribution in [0.5, 0.6) is 0 Å². The smallest absolute Gasteiger partial charge is 0.315 e. The van der Waals surface area contributed by atoms with Gasteiger partial charge in [-0.15, -0.1) is 6.58 Å². The molecule has 4 N–H and O–H groups in total. The van der Waals surface area contributed by atoms with Gasteiger partial charge < -0.3 is 26.2 Å². The summed E-state index contributed by atoms with van der Waals surface area (Å²) in [5.74, 6) is -2.78. The van der Waals surface area contributed by atoms with Gasteiger partial charge in [-0.2, -0.15) is 0 Å². The molecule has 4 aliphatic rings. The number of hydrogen-bond donors (Lipinski definition) is 4. The standard InChI is InChI=1S/C42H63N5O7S/c1-9-11-19-30(33(48)36(50)43-22-10-2)44-35(49)32-31-29(40(31,6)7)25-47(32)37(51)34(41(8)23-27-17-13-14-18-28(27)24-41)45-38(52)46-42(20-15-12-16-21-42)26-55(53,54)39(3,4)5/h10,13-14,17-18,29-32,34H,2,9,11-12,15-16,19-26H2,1,3-8H3,(H,43,50)(H,44,49)(H2,45,46,52)/t29-,30?,31-,32-,34+/m0/s1. The van der Waals surface area contributed by atoms with Crippen LogP contribution in [0.15, 0.2) is 36.9 Å². The Morgan fingerprint density at radius 1 is 0.982 bits per heavy atom. The van der Waals surface area contributed by atoms with Crippen LogP contribution in [0.1, 0.15) is 111 Å². The molecular formula is C42H63N5O7S. The number of rotatable bonds is 15. The molecule has 2 saturated carbocycles. The number of unbranched alkanes of at least 4 members (excludes halogenated alkanes) is 1. The Labute approximate surface area is 327 Å². The zero-order valence-electron chi connectivity index (χ0n) is 33.9. The van der Waals surface area contributed by atoms with Gasteiger partial charge >= 0.3 is 6.03 Å². The summed E-state index contributed by atoms with van der Waals surface area (Å²) in [6.45, 7) is 17.1.